The lowest BCUT2D eigenvalue weighted by molar-refractivity contribution is -0.142. The van der Waals surface area contributed by atoms with Crippen molar-refractivity contribution >= 4 is 18.0 Å². The first-order valence-corrected chi connectivity index (χ1v) is 11.5. The molecule has 180 valence electrons. The highest BCUT2D eigenvalue weighted by Crippen LogP contribution is 2.44. The average molecular weight is 476 g/mol. The van der Waals surface area contributed by atoms with E-state index in [0.717, 1.165) is 28.6 Å². The maximum atomic E-state index is 13.0. The van der Waals surface area contributed by atoms with Crippen molar-refractivity contribution in [3.8, 4) is 11.1 Å². The number of amides is 2. The Morgan fingerprint density at radius 3 is 2.43 bits per heavy atom. The molecule has 35 heavy (non-hydrogen) atoms. The molecule has 1 aliphatic carbocycles. The van der Waals surface area contributed by atoms with Crippen LogP contribution in [0.25, 0.3) is 11.1 Å². The first-order valence-electron chi connectivity index (χ1n) is 11.5. The number of carbonyl (C=O) groups is 3. The summed E-state index contributed by atoms with van der Waals surface area (Å²) in [6.45, 7) is 2.17. The lowest BCUT2D eigenvalue weighted by Crippen LogP contribution is -2.43. The molecule has 0 bridgehead atoms. The van der Waals surface area contributed by atoms with Gasteiger partial charge in [0, 0.05) is 12.5 Å². The zero-order chi connectivity index (χ0) is 24.5. The van der Waals surface area contributed by atoms with Gasteiger partial charge in [0.2, 0.25) is 0 Å². The monoisotopic (exact) mass is 475 g/mol. The summed E-state index contributed by atoms with van der Waals surface area (Å²) in [6.07, 6.45) is 1.05. The standard InChI is InChI=1S/C26H25N3O6/c1-15-10-11-29(23(15)25(31)32)24(30)22-21(35-14-28-22)12-27-26(33)34-13-20-18-8-4-2-6-16(18)17-7-3-5-9-19(17)20/h2-9,14-15,20,23H,10-13H2,1H3,(H,27,33)(H,31,32). The van der Waals surface area contributed by atoms with Crippen LogP contribution >= 0.6 is 0 Å². The predicted octanol–water partition coefficient (Wildman–Crippen LogP) is 3.65. The second-order valence-electron chi connectivity index (χ2n) is 8.85. The number of benzene rings is 2. The number of carboxylic acid groups (broad SMARTS) is 1. The minimum atomic E-state index is -1.05. The van der Waals surface area contributed by atoms with Gasteiger partial charge in [0.15, 0.2) is 17.8 Å². The molecule has 2 unspecified atom stereocenters. The molecule has 9 nitrogen and oxygen atoms in total. The highest BCUT2D eigenvalue weighted by molar-refractivity contribution is 5.96. The minimum absolute atomic E-state index is 0.00991. The summed E-state index contributed by atoms with van der Waals surface area (Å²) in [7, 11) is 0. The van der Waals surface area contributed by atoms with E-state index in [1.165, 1.54) is 4.90 Å². The Bertz CT molecular complexity index is 1240. The molecule has 2 N–H and O–H groups in total. The zero-order valence-electron chi connectivity index (χ0n) is 19.1. The lowest BCUT2D eigenvalue weighted by Gasteiger charge is -2.22. The van der Waals surface area contributed by atoms with Crippen LogP contribution in [-0.4, -0.2) is 52.2 Å². The number of hydrogen-bond acceptors (Lipinski definition) is 6. The summed E-state index contributed by atoms with van der Waals surface area (Å²) in [6, 6.07) is 15.2. The van der Waals surface area contributed by atoms with Gasteiger partial charge in [-0.15, -0.1) is 0 Å². The minimum Gasteiger partial charge on any atom is -0.480 e. The van der Waals surface area contributed by atoms with Gasteiger partial charge in [-0.2, -0.15) is 0 Å². The third kappa shape index (κ3) is 4.14. The first kappa shape index (κ1) is 22.6. The van der Waals surface area contributed by atoms with Gasteiger partial charge in [-0.1, -0.05) is 55.5 Å². The normalized spacial score (nSPS) is 18.7. The van der Waals surface area contributed by atoms with Crippen molar-refractivity contribution < 1.29 is 28.6 Å². The number of carboxylic acids is 1. The number of ether oxygens (including phenoxy) is 1. The highest BCUT2D eigenvalue weighted by Gasteiger charge is 2.41. The molecule has 2 amide bonds. The number of aromatic nitrogens is 1. The molecular weight excluding hydrogens is 450 g/mol. The number of nitrogens with one attached hydrogen (secondary N) is 1. The van der Waals surface area contributed by atoms with Gasteiger partial charge in [0.05, 0.1) is 6.54 Å². The lowest BCUT2D eigenvalue weighted by atomic mass is 9.98. The van der Waals surface area contributed by atoms with Gasteiger partial charge in [-0.3, -0.25) is 4.79 Å². The van der Waals surface area contributed by atoms with Crippen LogP contribution in [0.2, 0.25) is 0 Å². The number of alkyl carbamates (subject to hydrolysis) is 1. The SMILES string of the molecule is CC1CCN(C(=O)c2ncoc2CNC(=O)OCC2c3ccccc3-c3ccccc32)C1C(=O)O. The van der Waals surface area contributed by atoms with Gasteiger partial charge in [0.25, 0.3) is 5.91 Å². The van der Waals surface area contributed by atoms with Crippen LogP contribution in [-0.2, 0) is 16.1 Å². The number of likely N-dealkylation sites (tertiary alicyclic amines) is 1. The number of aliphatic carboxylic acids is 1. The Morgan fingerprint density at radius 1 is 1.11 bits per heavy atom. The first-order chi connectivity index (χ1) is 17.0. The van der Waals surface area contributed by atoms with E-state index in [0.29, 0.717) is 13.0 Å². The molecule has 0 spiro atoms. The van der Waals surface area contributed by atoms with Gasteiger partial charge in [-0.05, 0) is 34.6 Å². The van der Waals surface area contributed by atoms with Crippen LogP contribution in [0.4, 0.5) is 4.79 Å². The molecule has 2 atom stereocenters. The third-order valence-electron chi connectivity index (χ3n) is 6.79. The van der Waals surface area contributed by atoms with Crippen LogP contribution in [0, 0.1) is 5.92 Å². The molecule has 9 heteroatoms. The Morgan fingerprint density at radius 2 is 1.77 bits per heavy atom. The van der Waals surface area contributed by atoms with Gasteiger partial charge in [-0.25, -0.2) is 14.6 Å². The van der Waals surface area contributed by atoms with E-state index in [9.17, 15) is 19.5 Å². The maximum Gasteiger partial charge on any atom is 0.407 e. The van der Waals surface area contributed by atoms with E-state index < -0.39 is 24.0 Å². The summed E-state index contributed by atoms with van der Waals surface area (Å²) in [4.78, 5) is 42.3. The Hall–Kier alpha value is -4.14. The summed E-state index contributed by atoms with van der Waals surface area (Å²) >= 11 is 0. The second-order valence-corrected chi connectivity index (χ2v) is 8.85. The fourth-order valence-electron chi connectivity index (χ4n) is 5.06. The number of hydrogen-bond donors (Lipinski definition) is 2. The maximum absolute atomic E-state index is 13.0. The molecular formula is C26H25N3O6. The molecule has 5 rings (SSSR count). The van der Waals surface area contributed by atoms with E-state index in [1.54, 1.807) is 6.92 Å². The van der Waals surface area contributed by atoms with Crippen LogP contribution < -0.4 is 5.32 Å². The van der Waals surface area contributed by atoms with Crippen molar-refractivity contribution in [2.45, 2.75) is 31.8 Å². The molecule has 2 aromatic carbocycles. The molecule has 1 aliphatic heterocycles. The summed E-state index contributed by atoms with van der Waals surface area (Å²) < 4.78 is 10.8. The van der Waals surface area contributed by atoms with Crippen molar-refractivity contribution in [3.05, 3.63) is 77.5 Å². The fourth-order valence-corrected chi connectivity index (χ4v) is 5.06. The second kappa shape index (κ2) is 9.25. The molecule has 0 saturated carbocycles. The Labute approximate surface area is 201 Å². The number of rotatable bonds is 6. The molecule has 2 heterocycles. The third-order valence-corrected chi connectivity index (χ3v) is 6.79. The molecule has 1 fully saturated rings. The quantitative estimate of drug-likeness (QED) is 0.558. The number of carbonyl (C=O) groups excluding carboxylic acids is 2. The topological polar surface area (TPSA) is 122 Å². The molecule has 2 aliphatic rings. The Kier molecular flexibility index (Phi) is 5.98. The van der Waals surface area contributed by atoms with Crippen molar-refractivity contribution in [3.63, 3.8) is 0 Å². The van der Waals surface area contributed by atoms with E-state index in [1.807, 2.05) is 36.4 Å². The van der Waals surface area contributed by atoms with Crippen LogP contribution in [0.15, 0.2) is 59.3 Å². The molecule has 1 aromatic heterocycles. The summed E-state index contributed by atoms with van der Waals surface area (Å²) in [5.74, 6) is -1.66. The van der Waals surface area contributed by atoms with Crippen LogP contribution in [0.5, 0.6) is 0 Å². The van der Waals surface area contributed by atoms with Crippen molar-refractivity contribution in [2.75, 3.05) is 13.2 Å². The van der Waals surface area contributed by atoms with Crippen molar-refractivity contribution in [2.24, 2.45) is 5.92 Å². The molecule has 3 aromatic rings. The smallest absolute Gasteiger partial charge is 0.407 e. The number of nitrogens with zero attached hydrogens (tertiary/aromatic N) is 2. The summed E-state index contributed by atoms with van der Waals surface area (Å²) in [5.41, 5.74) is 4.48. The summed E-state index contributed by atoms with van der Waals surface area (Å²) in [5, 5.41) is 12.1. The van der Waals surface area contributed by atoms with Crippen LogP contribution in [0.3, 0.4) is 0 Å². The van der Waals surface area contributed by atoms with Crippen molar-refractivity contribution in [1.29, 1.82) is 0 Å². The van der Waals surface area contributed by atoms with E-state index in [-0.39, 0.29) is 36.4 Å². The number of oxazole rings is 1. The average Bonchev–Trinajstić information content (AvgIpc) is 3.57. The van der Waals surface area contributed by atoms with Crippen LogP contribution in [0.1, 0.15) is 46.6 Å². The van der Waals surface area contributed by atoms with E-state index in [2.05, 4.69) is 22.4 Å². The van der Waals surface area contributed by atoms with Crippen molar-refractivity contribution in [1.82, 2.24) is 15.2 Å². The van der Waals surface area contributed by atoms with Gasteiger partial charge >= 0.3 is 12.1 Å². The van der Waals surface area contributed by atoms with E-state index in [4.69, 9.17) is 9.15 Å². The van der Waals surface area contributed by atoms with Gasteiger partial charge < -0.3 is 24.5 Å². The van der Waals surface area contributed by atoms with Gasteiger partial charge in [0.1, 0.15) is 12.6 Å². The van der Waals surface area contributed by atoms with E-state index >= 15 is 0 Å². The fraction of sp³-hybridized carbons (Fsp3) is 0.308. The highest BCUT2D eigenvalue weighted by atomic mass is 16.5. The molecule has 1 saturated heterocycles. The zero-order valence-corrected chi connectivity index (χ0v) is 19.1. The largest absolute Gasteiger partial charge is 0.480 e. The number of fused-ring (bicyclic) bond motifs is 3. The predicted molar refractivity (Wildman–Crippen MR) is 125 cm³/mol. The Balaban J connectivity index is 1.22. The molecule has 0 radical (unpaired) electrons.